The summed E-state index contributed by atoms with van der Waals surface area (Å²) in [5.41, 5.74) is 0.189. The third-order valence-corrected chi connectivity index (χ3v) is 4.31. The topological polar surface area (TPSA) is 137 Å². The van der Waals surface area contributed by atoms with Crippen LogP contribution in [0.3, 0.4) is 0 Å². The average molecular weight is 430 g/mol. The van der Waals surface area contributed by atoms with Gasteiger partial charge in [-0.3, -0.25) is 9.59 Å². The number of hydrogen-bond acceptors (Lipinski definition) is 6. The maximum absolute atomic E-state index is 12.8. The summed E-state index contributed by atoms with van der Waals surface area (Å²) in [4.78, 5) is 36.6. The standard InChI is InChI=1S/C19H28ClN3O6/c1-10(2)15(18(26)23-16(11(3)24)19(27)28)22-17(25)13-6-5-12(20)9-14(13)29-8-7-21-4/h5-6,9-11,15-16,21,24H,7-8H2,1-4H3,(H,22,25)(H,23,26)(H,27,28)/t11-,15+,16+/m1/s1. The number of nitrogens with one attached hydrogen (secondary N) is 3. The first-order valence-electron chi connectivity index (χ1n) is 9.17. The molecule has 10 heteroatoms. The van der Waals surface area contributed by atoms with E-state index in [4.69, 9.17) is 21.4 Å². The second kappa shape index (κ2) is 11.6. The number of ether oxygens (including phenoxy) is 1. The van der Waals surface area contributed by atoms with Crippen LogP contribution in [0.15, 0.2) is 18.2 Å². The van der Waals surface area contributed by atoms with Gasteiger partial charge in [0.2, 0.25) is 5.91 Å². The fourth-order valence-corrected chi connectivity index (χ4v) is 2.61. The van der Waals surface area contributed by atoms with E-state index in [1.807, 2.05) is 0 Å². The molecule has 9 nitrogen and oxygen atoms in total. The zero-order valence-corrected chi connectivity index (χ0v) is 17.6. The molecule has 0 heterocycles. The minimum Gasteiger partial charge on any atom is -0.491 e. The van der Waals surface area contributed by atoms with E-state index in [-0.39, 0.29) is 17.2 Å². The molecule has 5 N–H and O–H groups in total. The molecule has 1 rings (SSSR count). The maximum atomic E-state index is 12.8. The largest absolute Gasteiger partial charge is 0.491 e. The van der Waals surface area contributed by atoms with E-state index < -0.39 is 36.0 Å². The fourth-order valence-electron chi connectivity index (χ4n) is 2.45. The van der Waals surface area contributed by atoms with Gasteiger partial charge in [-0.15, -0.1) is 0 Å². The molecule has 0 aliphatic carbocycles. The van der Waals surface area contributed by atoms with Crippen LogP contribution in [-0.2, 0) is 9.59 Å². The minimum atomic E-state index is -1.49. The fraction of sp³-hybridized carbons (Fsp3) is 0.526. The van der Waals surface area contributed by atoms with E-state index in [0.717, 1.165) is 0 Å². The third kappa shape index (κ3) is 7.52. The number of benzene rings is 1. The number of aliphatic hydroxyl groups excluding tert-OH is 1. The normalized spacial score (nSPS) is 14.0. The number of halogens is 1. The average Bonchev–Trinajstić information content (AvgIpc) is 2.63. The molecule has 0 bridgehead atoms. The number of rotatable bonds is 11. The van der Waals surface area contributed by atoms with Crippen LogP contribution in [0.25, 0.3) is 0 Å². The van der Waals surface area contributed by atoms with Gasteiger partial charge < -0.3 is 30.9 Å². The van der Waals surface area contributed by atoms with Crippen LogP contribution in [0, 0.1) is 5.92 Å². The number of carbonyl (C=O) groups excluding carboxylic acids is 2. The quantitative estimate of drug-likeness (QED) is 0.325. The van der Waals surface area contributed by atoms with Gasteiger partial charge in [-0.05, 0) is 38.1 Å². The van der Waals surface area contributed by atoms with Crippen molar-refractivity contribution in [2.45, 2.75) is 39.0 Å². The summed E-state index contributed by atoms with van der Waals surface area (Å²) in [5.74, 6) is -2.74. The Labute approximate surface area is 174 Å². The van der Waals surface area contributed by atoms with Gasteiger partial charge in [-0.1, -0.05) is 25.4 Å². The van der Waals surface area contributed by atoms with E-state index in [1.54, 1.807) is 20.9 Å². The molecule has 0 unspecified atom stereocenters. The smallest absolute Gasteiger partial charge is 0.328 e. The molecule has 162 valence electrons. The lowest BCUT2D eigenvalue weighted by atomic mass is 10.0. The number of carboxylic acid groups (broad SMARTS) is 1. The van der Waals surface area contributed by atoms with E-state index >= 15 is 0 Å². The Kier molecular flexibility index (Phi) is 9.87. The highest BCUT2D eigenvalue weighted by Gasteiger charge is 2.31. The first kappa shape index (κ1) is 24.7. The second-order valence-corrected chi connectivity index (χ2v) is 7.29. The molecule has 0 saturated carbocycles. The van der Waals surface area contributed by atoms with Crippen molar-refractivity contribution in [2.24, 2.45) is 5.92 Å². The summed E-state index contributed by atoms with van der Waals surface area (Å²) >= 11 is 5.99. The van der Waals surface area contributed by atoms with Gasteiger partial charge in [-0.2, -0.15) is 0 Å². The molecule has 3 atom stereocenters. The molecule has 1 aromatic carbocycles. The monoisotopic (exact) mass is 429 g/mol. The van der Waals surface area contributed by atoms with Crippen molar-refractivity contribution in [3.63, 3.8) is 0 Å². The second-order valence-electron chi connectivity index (χ2n) is 6.85. The third-order valence-electron chi connectivity index (χ3n) is 4.08. The molecule has 29 heavy (non-hydrogen) atoms. The first-order valence-corrected chi connectivity index (χ1v) is 9.55. The van der Waals surface area contributed by atoms with Crippen LogP contribution in [0.2, 0.25) is 5.02 Å². The molecule has 0 aliphatic heterocycles. The highest BCUT2D eigenvalue weighted by molar-refractivity contribution is 6.30. The van der Waals surface area contributed by atoms with Crippen molar-refractivity contribution in [1.29, 1.82) is 0 Å². The first-order chi connectivity index (χ1) is 13.6. The van der Waals surface area contributed by atoms with Crippen LogP contribution in [0.5, 0.6) is 5.75 Å². The number of carboxylic acids is 1. The van der Waals surface area contributed by atoms with Gasteiger partial charge in [0.05, 0.1) is 11.7 Å². The number of likely N-dealkylation sites (N-methyl/N-ethyl adjacent to an activating group) is 1. The van der Waals surface area contributed by atoms with Gasteiger partial charge in [0.1, 0.15) is 18.4 Å². The highest BCUT2D eigenvalue weighted by Crippen LogP contribution is 2.24. The van der Waals surface area contributed by atoms with Crippen LogP contribution >= 0.6 is 11.6 Å². The number of carbonyl (C=O) groups is 3. The Hall–Kier alpha value is -2.36. The van der Waals surface area contributed by atoms with Gasteiger partial charge in [0.25, 0.3) is 5.91 Å². The summed E-state index contributed by atoms with van der Waals surface area (Å²) in [5, 5.41) is 26.9. The summed E-state index contributed by atoms with van der Waals surface area (Å²) < 4.78 is 5.59. The lowest BCUT2D eigenvalue weighted by Crippen LogP contribution is -2.56. The summed E-state index contributed by atoms with van der Waals surface area (Å²) in [6.07, 6.45) is -1.30. The predicted octanol–water partition coefficient (Wildman–Crippen LogP) is 0.643. The lowest BCUT2D eigenvalue weighted by Gasteiger charge is -2.25. The van der Waals surface area contributed by atoms with Gasteiger partial charge in [-0.25, -0.2) is 4.79 Å². The molecule has 0 fully saturated rings. The zero-order valence-electron chi connectivity index (χ0n) is 16.9. The van der Waals surface area contributed by atoms with E-state index in [1.165, 1.54) is 25.1 Å². The number of amides is 2. The van der Waals surface area contributed by atoms with E-state index in [0.29, 0.717) is 18.2 Å². The Morgan fingerprint density at radius 2 is 1.79 bits per heavy atom. The van der Waals surface area contributed by atoms with Crippen molar-refractivity contribution >= 4 is 29.4 Å². The Balaban J connectivity index is 3.01. The number of hydrogen-bond donors (Lipinski definition) is 5. The molecule has 0 spiro atoms. The zero-order chi connectivity index (χ0) is 22.1. The molecule has 0 radical (unpaired) electrons. The summed E-state index contributed by atoms with van der Waals surface area (Å²) in [6.45, 7) is 5.52. The minimum absolute atomic E-state index is 0.189. The van der Waals surface area contributed by atoms with Crippen LogP contribution in [0.4, 0.5) is 0 Å². The summed E-state index contributed by atoms with van der Waals surface area (Å²) in [6, 6.07) is 2.00. The number of aliphatic hydroxyl groups is 1. The van der Waals surface area contributed by atoms with Gasteiger partial charge >= 0.3 is 5.97 Å². The molecule has 2 amide bonds. The Morgan fingerprint density at radius 1 is 1.14 bits per heavy atom. The van der Waals surface area contributed by atoms with Crippen molar-refractivity contribution in [2.75, 3.05) is 20.2 Å². The molecule has 1 aromatic rings. The van der Waals surface area contributed by atoms with E-state index in [2.05, 4.69) is 16.0 Å². The van der Waals surface area contributed by atoms with Crippen molar-refractivity contribution in [3.05, 3.63) is 28.8 Å². The molecule has 0 aromatic heterocycles. The van der Waals surface area contributed by atoms with Crippen LogP contribution in [0.1, 0.15) is 31.1 Å². The van der Waals surface area contributed by atoms with Crippen LogP contribution in [-0.4, -0.2) is 66.4 Å². The van der Waals surface area contributed by atoms with Crippen molar-refractivity contribution < 1.29 is 29.3 Å². The molecular weight excluding hydrogens is 402 g/mol. The Bertz CT molecular complexity index is 726. The molecular formula is C19H28ClN3O6. The SMILES string of the molecule is CNCCOc1cc(Cl)ccc1C(=O)N[C@H](C(=O)N[C@H](C(=O)O)[C@@H](C)O)C(C)C. The maximum Gasteiger partial charge on any atom is 0.328 e. The van der Waals surface area contributed by atoms with Crippen LogP contribution < -0.4 is 20.7 Å². The van der Waals surface area contributed by atoms with Gasteiger partial charge in [0.15, 0.2) is 6.04 Å². The Morgan fingerprint density at radius 3 is 2.31 bits per heavy atom. The molecule has 0 aliphatic rings. The van der Waals surface area contributed by atoms with E-state index in [9.17, 15) is 19.5 Å². The highest BCUT2D eigenvalue weighted by atomic mass is 35.5. The molecule has 0 saturated heterocycles. The summed E-state index contributed by atoms with van der Waals surface area (Å²) in [7, 11) is 1.76. The predicted molar refractivity (Wildman–Crippen MR) is 108 cm³/mol. The van der Waals surface area contributed by atoms with Crippen molar-refractivity contribution in [1.82, 2.24) is 16.0 Å². The lowest BCUT2D eigenvalue weighted by molar-refractivity contribution is -0.145. The van der Waals surface area contributed by atoms with Crippen molar-refractivity contribution in [3.8, 4) is 5.75 Å². The van der Waals surface area contributed by atoms with Gasteiger partial charge in [0, 0.05) is 11.6 Å². The number of aliphatic carboxylic acids is 1.